The molecule has 4 rings (SSSR count). The number of carbonyl (C=O) groups excluding carboxylic acids is 1. The average Bonchev–Trinajstić information content (AvgIpc) is 3.29. The third kappa shape index (κ3) is 2.95. The predicted molar refractivity (Wildman–Crippen MR) is 85.3 cm³/mol. The molecule has 126 valence electrons. The zero-order chi connectivity index (χ0) is 16.4. The topological polar surface area (TPSA) is 64.8 Å². The van der Waals surface area contributed by atoms with Gasteiger partial charge >= 0.3 is 0 Å². The summed E-state index contributed by atoms with van der Waals surface area (Å²) < 4.78 is 17.2. The van der Waals surface area contributed by atoms with E-state index >= 15 is 0 Å². The van der Waals surface area contributed by atoms with Crippen LogP contribution >= 0.6 is 0 Å². The van der Waals surface area contributed by atoms with Gasteiger partial charge in [-0.05, 0) is 37.1 Å². The number of rotatable bonds is 4. The monoisotopic (exact) mass is 328 g/mol. The van der Waals surface area contributed by atoms with E-state index in [4.69, 9.17) is 13.9 Å². The molecule has 2 aromatic rings. The van der Waals surface area contributed by atoms with Crippen molar-refractivity contribution in [3.05, 3.63) is 54.2 Å². The third-order valence-corrected chi connectivity index (χ3v) is 4.64. The fraction of sp³-hybridized carbons (Fsp3) is 0.444. The summed E-state index contributed by atoms with van der Waals surface area (Å²) in [6.07, 6.45) is 4.93. The fourth-order valence-electron chi connectivity index (χ4n) is 3.51. The largest absolute Gasteiger partial charge is 0.459 e. The van der Waals surface area contributed by atoms with E-state index in [-0.39, 0.29) is 24.2 Å². The van der Waals surface area contributed by atoms with Gasteiger partial charge in [0.1, 0.15) is 12.2 Å². The number of furan rings is 1. The molecule has 24 heavy (non-hydrogen) atoms. The summed E-state index contributed by atoms with van der Waals surface area (Å²) in [4.78, 5) is 18.8. The molecule has 0 N–H and O–H groups in total. The lowest BCUT2D eigenvalue weighted by atomic mass is 10.0. The van der Waals surface area contributed by atoms with E-state index < -0.39 is 0 Å². The molecule has 4 heterocycles. The van der Waals surface area contributed by atoms with E-state index in [1.807, 2.05) is 23.1 Å². The maximum absolute atomic E-state index is 12.7. The van der Waals surface area contributed by atoms with Crippen LogP contribution in [0.4, 0.5) is 0 Å². The van der Waals surface area contributed by atoms with Gasteiger partial charge in [-0.1, -0.05) is 6.07 Å². The van der Waals surface area contributed by atoms with Crippen LogP contribution in [0.25, 0.3) is 0 Å². The van der Waals surface area contributed by atoms with Gasteiger partial charge in [0.15, 0.2) is 5.76 Å². The highest BCUT2D eigenvalue weighted by molar-refractivity contribution is 5.92. The summed E-state index contributed by atoms with van der Waals surface area (Å²) in [5.74, 6) is 0.272. The number of carbonyl (C=O) groups is 1. The molecule has 0 spiro atoms. The summed E-state index contributed by atoms with van der Waals surface area (Å²) in [7, 11) is 0. The Balaban J connectivity index is 1.48. The predicted octanol–water partition coefficient (Wildman–Crippen LogP) is 2.26. The molecule has 0 unspecified atom stereocenters. The van der Waals surface area contributed by atoms with Crippen LogP contribution in [-0.2, 0) is 16.1 Å². The summed E-state index contributed by atoms with van der Waals surface area (Å²) in [6, 6.07) is 9.22. The van der Waals surface area contributed by atoms with Crippen LogP contribution in [0.15, 0.2) is 47.2 Å². The van der Waals surface area contributed by atoms with Crippen LogP contribution < -0.4 is 0 Å². The van der Waals surface area contributed by atoms with E-state index in [0.717, 1.165) is 18.5 Å². The van der Waals surface area contributed by atoms with Gasteiger partial charge in [-0.2, -0.15) is 0 Å². The van der Waals surface area contributed by atoms with Crippen molar-refractivity contribution in [1.29, 1.82) is 0 Å². The van der Waals surface area contributed by atoms with E-state index in [0.29, 0.717) is 25.5 Å². The number of nitrogens with zero attached hydrogens (tertiary/aromatic N) is 2. The Labute approximate surface area is 140 Å². The van der Waals surface area contributed by atoms with Crippen LogP contribution in [0.5, 0.6) is 0 Å². The molecular weight excluding hydrogens is 308 g/mol. The number of fused-ring (bicyclic) bond motifs is 1. The first-order chi connectivity index (χ1) is 11.8. The normalized spacial score (nSPS) is 26.3. The Kier molecular flexibility index (Phi) is 4.32. The lowest BCUT2D eigenvalue weighted by Crippen LogP contribution is -2.43. The number of ether oxygens (including phenoxy) is 2. The highest BCUT2D eigenvalue weighted by Crippen LogP contribution is 2.32. The Morgan fingerprint density at radius 2 is 2.29 bits per heavy atom. The maximum Gasteiger partial charge on any atom is 0.289 e. The smallest absolute Gasteiger partial charge is 0.289 e. The Morgan fingerprint density at radius 1 is 1.33 bits per heavy atom. The van der Waals surface area contributed by atoms with Gasteiger partial charge < -0.3 is 18.8 Å². The molecule has 2 saturated heterocycles. The van der Waals surface area contributed by atoms with Crippen molar-refractivity contribution >= 4 is 5.91 Å². The molecule has 2 aliphatic heterocycles. The zero-order valence-corrected chi connectivity index (χ0v) is 13.3. The zero-order valence-electron chi connectivity index (χ0n) is 13.3. The highest BCUT2D eigenvalue weighted by Gasteiger charge is 2.47. The molecule has 0 bridgehead atoms. The third-order valence-electron chi connectivity index (χ3n) is 4.64. The molecule has 0 aromatic carbocycles. The van der Waals surface area contributed by atoms with Crippen molar-refractivity contribution in [2.24, 2.45) is 0 Å². The lowest BCUT2D eigenvalue weighted by Gasteiger charge is -2.31. The van der Waals surface area contributed by atoms with Crippen molar-refractivity contribution in [1.82, 2.24) is 9.88 Å². The van der Waals surface area contributed by atoms with Crippen molar-refractivity contribution in [2.45, 2.75) is 37.7 Å². The van der Waals surface area contributed by atoms with Crippen molar-refractivity contribution in [2.75, 3.05) is 13.2 Å². The summed E-state index contributed by atoms with van der Waals surface area (Å²) in [5.41, 5.74) is 0.876. The standard InChI is InChI=1S/C18H20N2O4/c21-18(15-7-4-9-22-15)20-11-16(17-14(20)6-3-10-23-17)24-12-13-5-1-2-8-19-13/h1-2,4-5,7-9,14,16-17H,3,6,10-12H2/t14-,16+,17+/m0/s1. The second kappa shape index (κ2) is 6.75. The first-order valence-electron chi connectivity index (χ1n) is 8.30. The van der Waals surface area contributed by atoms with Crippen molar-refractivity contribution in [3.63, 3.8) is 0 Å². The van der Waals surface area contributed by atoms with Gasteiger partial charge in [0, 0.05) is 12.8 Å². The van der Waals surface area contributed by atoms with Gasteiger partial charge in [-0.25, -0.2) is 0 Å². The Bertz CT molecular complexity index is 674. The lowest BCUT2D eigenvalue weighted by molar-refractivity contribution is -0.0815. The summed E-state index contributed by atoms with van der Waals surface area (Å²) in [5, 5.41) is 0. The number of hydrogen-bond acceptors (Lipinski definition) is 5. The van der Waals surface area contributed by atoms with Gasteiger partial charge in [0.05, 0.1) is 31.2 Å². The van der Waals surface area contributed by atoms with E-state index in [2.05, 4.69) is 4.98 Å². The quantitative estimate of drug-likeness (QED) is 0.861. The minimum absolute atomic E-state index is 0.0464. The van der Waals surface area contributed by atoms with Gasteiger partial charge in [0.2, 0.25) is 0 Å². The van der Waals surface area contributed by atoms with E-state index in [1.54, 1.807) is 18.3 Å². The average molecular weight is 328 g/mol. The Morgan fingerprint density at radius 3 is 3.08 bits per heavy atom. The van der Waals surface area contributed by atoms with Crippen LogP contribution in [-0.4, -0.2) is 47.2 Å². The maximum atomic E-state index is 12.7. The molecule has 3 atom stereocenters. The SMILES string of the molecule is O=C(c1ccco1)N1C[C@@H](OCc2ccccn2)[C@@H]2OCCC[C@@H]21. The number of hydrogen-bond donors (Lipinski definition) is 0. The van der Waals surface area contributed by atoms with Gasteiger partial charge in [-0.15, -0.1) is 0 Å². The van der Waals surface area contributed by atoms with Crippen LogP contribution in [0.2, 0.25) is 0 Å². The molecule has 2 fully saturated rings. The number of likely N-dealkylation sites (tertiary alicyclic amines) is 1. The number of amides is 1. The van der Waals surface area contributed by atoms with Crippen molar-refractivity contribution < 1.29 is 18.7 Å². The second-order valence-corrected chi connectivity index (χ2v) is 6.15. The molecule has 6 heteroatoms. The summed E-state index contributed by atoms with van der Waals surface area (Å²) >= 11 is 0. The van der Waals surface area contributed by atoms with Crippen LogP contribution in [0.3, 0.4) is 0 Å². The molecule has 0 saturated carbocycles. The summed E-state index contributed by atoms with van der Waals surface area (Å²) in [6.45, 7) is 1.65. The molecule has 0 radical (unpaired) electrons. The molecule has 2 aliphatic rings. The minimum atomic E-state index is -0.142. The van der Waals surface area contributed by atoms with Crippen LogP contribution in [0.1, 0.15) is 29.1 Å². The highest BCUT2D eigenvalue weighted by atomic mass is 16.5. The number of aromatic nitrogens is 1. The number of pyridine rings is 1. The molecular formula is C18H20N2O4. The molecule has 0 aliphatic carbocycles. The second-order valence-electron chi connectivity index (χ2n) is 6.15. The van der Waals surface area contributed by atoms with Crippen LogP contribution in [0, 0.1) is 0 Å². The Hall–Kier alpha value is -2.18. The van der Waals surface area contributed by atoms with E-state index in [9.17, 15) is 4.79 Å². The van der Waals surface area contributed by atoms with E-state index in [1.165, 1.54) is 6.26 Å². The first kappa shape index (κ1) is 15.4. The minimum Gasteiger partial charge on any atom is -0.459 e. The van der Waals surface area contributed by atoms with Gasteiger partial charge in [-0.3, -0.25) is 9.78 Å². The van der Waals surface area contributed by atoms with Gasteiger partial charge in [0.25, 0.3) is 5.91 Å². The first-order valence-corrected chi connectivity index (χ1v) is 8.30. The molecule has 2 aromatic heterocycles. The van der Waals surface area contributed by atoms with Crippen molar-refractivity contribution in [3.8, 4) is 0 Å². The molecule has 6 nitrogen and oxygen atoms in total. The fourth-order valence-corrected chi connectivity index (χ4v) is 3.51. The molecule has 1 amide bonds.